The maximum absolute atomic E-state index is 3.84. The molecule has 2 unspecified atom stereocenters. The van der Waals surface area contributed by atoms with Gasteiger partial charge in [-0.25, -0.2) is 0 Å². The third-order valence-corrected chi connectivity index (χ3v) is 3.88. The van der Waals surface area contributed by atoms with E-state index >= 15 is 0 Å². The summed E-state index contributed by atoms with van der Waals surface area (Å²) in [6.07, 6.45) is 11.2. The van der Waals surface area contributed by atoms with E-state index < -0.39 is 0 Å². The summed E-state index contributed by atoms with van der Waals surface area (Å²) in [5.74, 6) is 0.961. The minimum absolute atomic E-state index is 0.710. The summed E-state index contributed by atoms with van der Waals surface area (Å²) in [5, 5.41) is 3.84. The molecule has 1 N–H and O–H groups in total. The Hall–Kier alpha value is -0.0400. The van der Waals surface area contributed by atoms with Gasteiger partial charge in [0, 0.05) is 12.1 Å². The number of hydrogen-bond donors (Lipinski definition) is 1. The van der Waals surface area contributed by atoms with Gasteiger partial charge < -0.3 is 5.32 Å². The average molecular weight is 211 g/mol. The monoisotopic (exact) mass is 211 g/mol. The SMILES string of the molecule is CCCC(C)NC(CC)C1CCCCC1. The highest BCUT2D eigenvalue weighted by Gasteiger charge is 2.22. The highest BCUT2D eigenvalue weighted by Crippen LogP contribution is 2.28. The van der Waals surface area contributed by atoms with Crippen LogP contribution < -0.4 is 5.32 Å². The van der Waals surface area contributed by atoms with E-state index in [0.29, 0.717) is 6.04 Å². The van der Waals surface area contributed by atoms with Crippen molar-refractivity contribution in [1.82, 2.24) is 5.32 Å². The molecule has 0 saturated heterocycles. The largest absolute Gasteiger partial charge is 0.311 e. The quantitative estimate of drug-likeness (QED) is 0.697. The number of rotatable bonds is 6. The Morgan fingerprint density at radius 1 is 1.13 bits per heavy atom. The Labute approximate surface area is 96.0 Å². The molecule has 0 aliphatic heterocycles. The van der Waals surface area contributed by atoms with Crippen LogP contribution in [-0.2, 0) is 0 Å². The number of nitrogens with one attached hydrogen (secondary N) is 1. The van der Waals surface area contributed by atoms with Crippen molar-refractivity contribution in [2.45, 2.75) is 84.2 Å². The van der Waals surface area contributed by atoms with Gasteiger partial charge in [-0.3, -0.25) is 0 Å². The molecule has 0 bridgehead atoms. The molecule has 1 nitrogen and oxygen atoms in total. The molecule has 1 saturated carbocycles. The molecule has 90 valence electrons. The van der Waals surface area contributed by atoms with Crippen molar-refractivity contribution in [3.05, 3.63) is 0 Å². The van der Waals surface area contributed by atoms with Gasteiger partial charge in [0.1, 0.15) is 0 Å². The lowest BCUT2D eigenvalue weighted by Gasteiger charge is -2.32. The van der Waals surface area contributed by atoms with Crippen molar-refractivity contribution in [1.29, 1.82) is 0 Å². The van der Waals surface area contributed by atoms with E-state index in [4.69, 9.17) is 0 Å². The lowest BCUT2D eigenvalue weighted by molar-refractivity contribution is 0.245. The fourth-order valence-corrected chi connectivity index (χ4v) is 3.01. The van der Waals surface area contributed by atoms with Crippen LogP contribution in [-0.4, -0.2) is 12.1 Å². The van der Waals surface area contributed by atoms with Crippen molar-refractivity contribution >= 4 is 0 Å². The molecule has 0 heterocycles. The van der Waals surface area contributed by atoms with Crippen LogP contribution in [0.2, 0.25) is 0 Å². The Morgan fingerprint density at radius 3 is 2.33 bits per heavy atom. The molecule has 0 aromatic heterocycles. The first-order valence-electron chi connectivity index (χ1n) is 7.04. The lowest BCUT2D eigenvalue weighted by Crippen LogP contribution is -2.41. The first kappa shape index (κ1) is 13.0. The van der Waals surface area contributed by atoms with Crippen molar-refractivity contribution in [2.75, 3.05) is 0 Å². The van der Waals surface area contributed by atoms with E-state index in [0.717, 1.165) is 12.0 Å². The highest BCUT2D eigenvalue weighted by atomic mass is 14.9. The fraction of sp³-hybridized carbons (Fsp3) is 1.00. The van der Waals surface area contributed by atoms with Gasteiger partial charge in [0.05, 0.1) is 0 Å². The molecule has 0 amide bonds. The third kappa shape index (κ3) is 4.55. The van der Waals surface area contributed by atoms with Crippen LogP contribution in [0.3, 0.4) is 0 Å². The second kappa shape index (κ2) is 7.27. The van der Waals surface area contributed by atoms with Gasteiger partial charge in [0.2, 0.25) is 0 Å². The minimum atomic E-state index is 0.710. The van der Waals surface area contributed by atoms with Gasteiger partial charge in [-0.2, -0.15) is 0 Å². The molecule has 1 rings (SSSR count). The molecule has 15 heavy (non-hydrogen) atoms. The lowest BCUT2D eigenvalue weighted by atomic mass is 9.82. The van der Waals surface area contributed by atoms with Crippen LogP contribution in [0.25, 0.3) is 0 Å². The van der Waals surface area contributed by atoms with Crippen LogP contribution >= 0.6 is 0 Å². The van der Waals surface area contributed by atoms with E-state index in [1.54, 1.807) is 0 Å². The van der Waals surface area contributed by atoms with Crippen molar-refractivity contribution in [3.8, 4) is 0 Å². The second-order valence-electron chi connectivity index (χ2n) is 5.27. The predicted molar refractivity (Wildman–Crippen MR) is 68.2 cm³/mol. The van der Waals surface area contributed by atoms with E-state index in [1.165, 1.54) is 51.4 Å². The Balaban J connectivity index is 2.32. The van der Waals surface area contributed by atoms with Crippen LogP contribution in [0.4, 0.5) is 0 Å². The molecule has 0 aromatic rings. The first-order valence-corrected chi connectivity index (χ1v) is 7.04. The molecule has 1 aliphatic rings. The Kier molecular flexibility index (Phi) is 6.31. The molecular weight excluding hydrogens is 182 g/mol. The minimum Gasteiger partial charge on any atom is -0.311 e. The molecular formula is C14H29N. The van der Waals surface area contributed by atoms with Crippen LogP contribution in [0, 0.1) is 5.92 Å². The first-order chi connectivity index (χ1) is 7.27. The predicted octanol–water partition coefficient (Wildman–Crippen LogP) is 4.12. The number of hydrogen-bond acceptors (Lipinski definition) is 1. The van der Waals surface area contributed by atoms with Gasteiger partial charge in [-0.15, -0.1) is 0 Å². The van der Waals surface area contributed by atoms with Gasteiger partial charge in [-0.05, 0) is 38.5 Å². The molecule has 0 aromatic carbocycles. The van der Waals surface area contributed by atoms with Gasteiger partial charge >= 0.3 is 0 Å². The van der Waals surface area contributed by atoms with Gasteiger partial charge in [0.15, 0.2) is 0 Å². The summed E-state index contributed by atoms with van der Waals surface area (Å²) in [7, 11) is 0. The topological polar surface area (TPSA) is 12.0 Å². The summed E-state index contributed by atoms with van der Waals surface area (Å²) in [5.41, 5.74) is 0. The zero-order valence-corrected chi connectivity index (χ0v) is 10.9. The second-order valence-corrected chi connectivity index (χ2v) is 5.27. The highest BCUT2D eigenvalue weighted by molar-refractivity contribution is 4.80. The third-order valence-electron chi connectivity index (χ3n) is 3.88. The van der Waals surface area contributed by atoms with Crippen molar-refractivity contribution < 1.29 is 0 Å². The van der Waals surface area contributed by atoms with E-state index in [9.17, 15) is 0 Å². The van der Waals surface area contributed by atoms with Gasteiger partial charge in [0.25, 0.3) is 0 Å². The van der Waals surface area contributed by atoms with Crippen molar-refractivity contribution in [3.63, 3.8) is 0 Å². The molecule has 2 atom stereocenters. The maximum Gasteiger partial charge on any atom is 0.00951 e. The van der Waals surface area contributed by atoms with Gasteiger partial charge in [-0.1, -0.05) is 39.5 Å². The summed E-state index contributed by atoms with van der Waals surface area (Å²) < 4.78 is 0. The summed E-state index contributed by atoms with van der Waals surface area (Å²) >= 11 is 0. The van der Waals surface area contributed by atoms with Crippen LogP contribution in [0.5, 0.6) is 0 Å². The van der Waals surface area contributed by atoms with Crippen LogP contribution in [0.15, 0.2) is 0 Å². The van der Waals surface area contributed by atoms with Crippen LogP contribution in [0.1, 0.15) is 72.1 Å². The zero-order chi connectivity index (χ0) is 11.1. The summed E-state index contributed by atoms with van der Waals surface area (Å²) in [4.78, 5) is 0. The average Bonchev–Trinajstić information content (AvgIpc) is 2.27. The fourth-order valence-electron chi connectivity index (χ4n) is 3.01. The molecule has 1 aliphatic carbocycles. The van der Waals surface area contributed by atoms with Crippen molar-refractivity contribution in [2.24, 2.45) is 5.92 Å². The zero-order valence-electron chi connectivity index (χ0n) is 10.9. The maximum atomic E-state index is 3.84. The standard InChI is InChI=1S/C14H29N/c1-4-9-12(3)15-14(5-2)13-10-7-6-8-11-13/h12-15H,4-11H2,1-3H3. The normalized spacial score (nSPS) is 22.6. The summed E-state index contributed by atoms with van der Waals surface area (Å²) in [6.45, 7) is 6.96. The van der Waals surface area contributed by atoms with E-state index in [2.05, 4.69) is 26.1 Å². The van der Waals surface area contributed by atoms with E-state index in [-0.39, 0.29) is 0 Å². The molecule has 0 spiro atoms. The molecule has 1 heteroatoms. The summed E-state index contributed by atoms with van der Waals surface area (Å²) in [6, 6.07) is 1.49. The Bertz CT molecular complexity index is 149. The molecule has 0 radical (unpaired) electrons. The van der Waals surface area contributed by atoms with E-state index in [1.807, 2.05) is 0 Å². The Morgan fingerprint density at radius 2 is 1.80 bits per heavy atom. The molecule has 1 fully saturated rings. The smallest absolute Gasteiger partial charge is 0.00951 e.